The molecule has 1 heteroatoms. The summed E-state index contributed by atoms with van der Waals surface area (Å²) >= 11 is 0. The quantitative estimate of drug-likeness (QED) is 0.284. The zero-order valence-electron chi connectivity index (χ0n) is 18.8. The number of hydrogen-bond acceptors (Lipinski definition) is 0. The Kier molecular flexibility index (Phi) is 8.79. The average Bonchev–Trinajstić information content (AvgIpc) is 3.47. The fraction of sp³-hybridized carbons (Fsp3) is 0. The van der Waals surface area contributed by atoms with Gasteiger partial charge in [-0.25, -0.2) is 0 Å². The van der Waals surface area contributed by atoms with Gasteiger partial charge in [-0.05, 0) is 54.4 Å². The summed E-state index contributed by atoms with van der Waals surface area (Å²) in [5, 5.41) is 0. The van der Waals surface area contributed by atoms with E-state index in [1.165, 1.54) is 45.9 Å². The van der Waals surface area contributed by atoms with E-state index in [0.717, 1.165) is 0 Å². The number of benzene rings is 4. The summed E-state index contributed by atoms with van der Waals surface area (Å²) in [7, 11) is 0. The molecule has 10 radical (unpaired) electrons. The maximum Gasteiger partial charge on any atom is 2.00 e. The summed E-state index contributed by atoms with van der Waals surface area (Å²) in [5.41, 5.74) is 5.06. The van der Waals surface area contributed by atoms with Gasteiger partial charge in [-0.15, -0.1) is 0 Å². The zero-order chi connectivity index (χ0) is 22.3. The van der Waals surface area contributed by atoms with Gasteiger partial charge >= 0.3 is 16.8 Å². The Balaban J connectivity index is 0.000000407. The summed E-state index contributed by atoms with van der Waals surface area (Å²) in [6.45, 7) is 0. The van der Waals surface area contributed by atoms with E-state index in [4.69, 9.17) is 0 Å². The third-order valence-corrected chi connectivity index (χ3v) is 5.81. The Hall–Kier alpha value is -2.61. The van der Waals surface area contributed by atoms with E-state index < -0.39 is 0 Å². The molecule has 0 nitrogen and oxygen atoms in total. The molecule has 0 atom stereocenters. The standard InChI is InChI=1S/C28H20.C5H5.Co/c1-5-13-21(14-6-1)25-26(22-15-7-2-8-16-22)28(24-19-11-4-12-20-24)27(25)23-17-9-3-10-18-23;1-2-4-5-3-1;/h1-20H;1-5H;/q;;+2. The summed E-state index contributed by atoms with van der Waals surface area (Å²) < 4.78 is 0. The average molecular weight is 480 g/mol. The molecule has 2 saturated carbocycles. The molecule has 34 heavy (non-hydrogen) atoms. The minimum absolute atomic E-state index is 0. The Morgan fingerprint density at radius 2 is 0.412 bits per heavy atom. The van der Waals surface area contributed by atoms with Crippen LogP contribution in [0.4, 0.5) is 0 Å². The van der Waals surface area contributed by atoms with Crippen LogP contribution >= 0.6 is 0 Å². The van der Waals surface area contributed by atoms with Gasteiger partial charge in [0, 0.05) is 23.7 Å². The molecular weight excluding hydrogens is 455 g/mol. The molecule has 2 aliphatic carbocycles. The van der Waals surface area contributed by atoms with E-state index in [0.29, 0.717) is 0 Å². The molecule has 0 N–H and O–H groups in total. The molecule has 2 aliphatic rings. The molecule has 0 heterocycles. The SMILES string of the molecule is [CH]1[CH][CH][CH][CH]1.[Co+2].c1ccc([C]2[C](c3ccccc3)[C](c3ccccc3)[C]2c2ccccc2)cc1. The Morgan fingerprint density at radius 3 is 0.588 bits per heavy atom. The molecule has 0 saturated heterocycles. The van der Waals surface area contributed by atoms with E-state index in [1.54, 1.807) is 0 Å². The van der Waals surface area contributed by atoms with Crippen molar-refractivity contribution in [3.05, 3.63) is 199 Å². The van der Waals surface area contributed by atoms with Gasteiger partial charge in [-0.1, -0.05) is 121 Å². The first kappa shape index (κ1) is 24.5. The first-order valence-corrected chi connectivity index (χ1v) is 11.3. The van der Waals surface area contributed by atoms with Crippen molar-refractivity contribution < 1.29 is 16.8 Å². The number of hydrogen-bond donors (Lipinski definition) is 0. The zero-order valence-corrected chi connectivity index (χ0v) is 19.8. The van der Waals surface area contributed by atoms with Crippen LogP contribution in [0.5, 0.6) is 0 Å². The van der Waals surface area contributed by atoms with E-state index in [1.807, 2.05) is 32.1 Å². The van der Waals surface area contributed by atoms with Gasteiger partial charge in [-0.2, -0.15) is 0 Å². The molecule has 0 spiro atoms. The summed E-state index contributed by atoms with van der Waals surface area (Å²) in [5.74, 6) is 5.32. The number of rotatable bonds is 4. The predicted octanol–water partition coefficient (Wildman–Crippen LogP) is 7.51. The van der Waals surface area contributed by atoms with Crippen LogP contribution in [0.15, 0.2) is 121 Å². The molecule has 164 valence electrons. The maximum atomic E-state index is 2.21. The van der Waals surface area contributed by atoms with Crippen LogP contribution in [-0.2, 0) is 16.8 Å². The van der Waals surface area contributed by atoms with Gasteiger partial charge in [0.1, 0.15) is 0 Å². The van der Waals surface area contributed by atoms with Crippen molar-refractivity contribution in [2.75, 3.05) is 0 Å². The van der Waals surface area contributed by atoms with Crippen molar-refractivity contribution in [3.8, 4) is 0 Å². The predicted molar refractivity (Wildman–Crippen MR) is 137 cm³/mol. The van der Waals surface area contributed by atoms with Crippen molar-refractivity contribution >= 4 is 0 Å². The van der Waals surface area contributed by atoms with Gasteiger partial charge in [0.2, 0.25) is 0 Å². The second-order valence-corrected chi connectivity index (χ2v) is 7.93. The second kappa shape index (κ2) is 12.2. The normalized spacial score (nSPS) is 16.7. The van der Waals surface area contributed by atoms with Crippen LogP contribution in [0.2, 0.25) is 0 Å². The molecule has 2 fully saturated rings. The van der Waals surface area contributed by atoms with E-state index >= 15 is 0 Å². The minimum Gasteiger partial charge on any atom is -0.0622 e. The monoisotopic (exact) mass is 480 g/mol. The molecule has 0 unspecified atom stereocenters. The third-order valence-electron chi connectivity index (χ3n) is 5.81. The van der Waals surface area contributed by atoms with E-state index in [9.17, 15) is 0 Å². The summed E-state index contributed by atoms with van der Waals surface area (Å²) in [6.07, 6.45) is 10.0. The molecule has 0 bridgehead atoms. The van der Waals surface area contributed by atoms with Crippen molar-refractivity contribution in [2.24, 2.45) is 0 Å². The third kappa shape index (κ3) is 5.37. The van der Waals surface area contributed by atoms with Gasteiger partial charge in [0.05, 0.1) is 0 Å². The van der Waals surface area contributed by atoms with Gasteiger partial charge in [0.15, 0.2) is 0 Å². The fourth-order valence-corrected chi connectivity index (χ4v) is 4.33. The molecule has 4 aromatic carbocycles. The Morgan fingerprint density at radius 1 is 0.235 bits per heavy atom. The molecule has 0 amide bonds. The molecule has 6 rings (SSSR count). The first-order chi connectivity index (χ1) is 16.4. The van der Waals surface area contributed by atoms with E-state index in [2.05, 4.69) is 121 Å². The van der Waals surface area contributed by atoms with Crippen LogP contribution in [0.3, 0.4) is 0 Å². The van der Waals surface area contributed by atoms with Crippen LogP contribution in [0, 0.1) is 55.8 Å². The maximum absolute atomic E-state index is 2.21. The van der Waals surface area contributed by atoms with E-state index in [-0.39, 0.29) is 16.8 Å². The molecule has 4 aromatic rings. The second-order valence-electron chi connectivity index (χ2n) is 7.93. The Bertz CT molecular complexity index is 899. The molecule has 0 aliphatic heterocycles. The Labute approximate surface area is 215 Å². The fourth-order valence-electron chi connectivity index (χ4n) is 4.33. The van der Waals surface area contributed by atoms with Crippen LogP contribution in [-0.4, -0.2) is 0 Å². The van der Waals surface area contributed by atoms with Crippen LogP contribution in [0.1, 0.15) is 22.3 Å². The van der Waals surface area contributed by atoms with Gasteiger partial charge in [-0.3, -0.25) is 0 Å². The minimum atomic E-state index is 0. The molecule has 0 aromatic heterocycles. The van der Waals surface area contributed by atoms with Crippen molar-refractivity contribution in [3.63, 3.8) is 0 Å². The smallest absolute Gasteiger partial charge is 0.0622 e. The van der Waals surface area contributed by atoms with Crippen molar-refractivity contribution in [1.82, 2.24) is 0 Å². The van der Waals surface area contributed by atoms with Gasteiger partial charge < -0.3 is 0 Å². The van der Waals surface area contributed by atoms with Gasteiger partial charge in [0.25, 0.3) is 0 Å². The van der Waals surface area contributed by atoms with Crippen molar-refractivity contribution in [1.29, 1.82) is 0 Å². The van der Waals surface area contributed by atoms with Crippen molar-refractivity contribution in [2.45, 2.75) is 0 Å². The summed E-state index contributed by atoms with van der Waals surface area (Å²) in [6, 6.07) is 43.0. The van der Waals surface area contributed by atoms with Crippen LogP contribution < -0.4 is 0 Å². The first-order valence-electron chi connectivity index (χ1n) is 11.3. The largest absolute Gasteiger partial charge is 2.00 e. The molecular formula is C33H25Co+2. The topological polar surface area (TPSA) is 0 Å². The van der Waals surface area contributed by atoms with Crippen LogP contribution in [0.25, 0.3) is 0 Å². The summed E-state index contributed by atoms with van der Waals surface area (Å²) in [4.78, 5) is 0.